The molecule has 0 N–H and O–H groups in total. The van der Waals surface area contributed by atoms with Crippen molar-refractivity contribution in [2.24, 2.45) is 9.98 Å². The van der Waals surface area contributed by atoms with E-state index in [1.165, 1.54) is 57.8 Å². The molecule has 1 aliphatic heterocycles. The van der Waals surface area contributed by atoms with E-state index in [1.54, 1.807) is 12.6 Å². The standard InChI is InChI=1S/C12H25.C3H4N2.Na.H2O4S.Zn.H/c1-3-5-7-9-11-12-10-8-6-4-2;1-2-5-3-4-1;;1-5(2,3)4;;/h1,3-12H2,2H3;1,3H,2H2;;(H2,1,2,3,4);;/q-1;;+1;;+2;-1/p-2. The van der Waals surface area contributed by atoms with Crippen LogP contribution in [0.5, 0.6) is 0 Å². The van der Waals surface area contributed by atoms with Gasteiger partial charge in [0, 0.05) is 16.6 Å². The fraction of sp³-hybridized carbons (Fsp3) is 0.800. The predicted octanol–water partition coefficient (Wildman–Crippen LogP) is 0.616. The third-order valence-corrected chi connectivity index (χ3v) is 2.79. The Morgan fingerprint density at radius 2 is 1.46 bits per heavy atom. The Kier molecular flexibility index (Phi) is 35.3. The third-order valence-electron chi connectivity index (χ3n) is 2.79. The molecule has 0 aromatic carbocycles. The largest absolute Gasteiger partial charge is 2.00 e. The zero-order valence-corrected chi connectivity index (χ0v) is 21.1. The molecule has 0 aromatic heterocycles. The van der Waals surface area contributed by atoms with Gasteiger partial charge in [-0.25, -0.2) is 4.99 Å². The molecule has 0 unspecified atom stereocenters. The maximum Gasteiger partial charge on any atom is 2.00 e. The molecule has 0 amide bonds. The van der Waals surface area contributed by atoms with Crippen LogP contribution in [-0.4, -0.2) is 36.6 Å². The van der Waals surface area contributed by atoms with E-state index in [2.05, 4.69) is 23.8 Å². The second-order valence-electron chi connectivity index (χ2n) is 4.90. The Balaban J connectivity index is -0.0000000864. The van der Waals surface area contributed by atoms with Gasteiger partial charge in [0.1, 0.15) is 6.34 Å². The van der Waals surface area contributed by atoms with Crippen molar-refractivity contribution in [3.05, 3.63) is 6.92 Å². The summed E-state index contributed by atoms with van der Waals surface area (Å²) in [5, 5.41) is 0. The van der Waals surface area contributed by atoms with Crippen molar-refractivity contribution in [2.75, 3.05) is 6.54 Å². The first-order valence-corrected chi connectivity index (χ1v) is 9.21. The molecule has 0 aromatic rings. The van der Waals surface area contributed by atoms with E-state index in [-0.39, 0.29) is 50.5 Å². The zero-order chi connectivity index (χ0) is 17.1. The van der Waals surface area contributed by atoms with Crippen LogP contribution in [-0.2, 0) is 29.9 Å². The molecule has 0 radical (unpaired) electrons. The molecule has 0 bridgehead atoms. The van der Waals surface area contributed by atoms with Crippen LogP contribution in [0.3, 0.4) is 0 Å². The summed E-state index contributed by atoms with van der Waals surface area (Å²) in [5.74, 6) is 0. The van der Waals surface area contributed by atoms with Gasteiger partial charge in [-0.1, -0.05) is 64.7 Å². The van der Waals surface area contributed by atoms with Crippen molar-refractivity contribution in [2.45, 2.75) is 71.1 Å². The van der Waals surface area contributed by atoms with Crippen LogP contribution in [0.4, 0.5) is 0 Å². The summed E-state index contributed by atoms with van der Waals surface area (Å²) in [7, 11) is -5.17. The van der Waals surface area contributed by atoms with Crippen LogP contribution in [0.25, 0.3) is 0 Å². The van der Waals surface area contributed by atoms with E-state index in [0.717, 1.165) is 13.0 Å². The number of unbranched alkanes of at least 4 members (excludes halogenated alkanes) is 9. The number of hydrogen-bond donors (Lipinski definition) is 0. The quantitative estimate of drug-likeness (QED) is 0.178. The van der Waals surface area contributed by atoms with Gasteiger partial charge < -0.3 is 17.5 Å². The molecule has 0 spiro atoms. The van der Waals surface area contributed by atoms with E-state index in [0.29, 0.717) is 0 Å². The van der Waals surface area contributed by atoms with E-state index in [9.17, 15) is 0 Å². The Morgan fingerprint density at radius 1 is 1.04 bits per heavy atom. The first-order chi connectivity index (χ1) is 10.4. The van der Waals surface area contributed by atoms with Gasteiger partial charge in [-0.2, -0.15) is 6.42 Å². The van der Waals surface area contributed by atoms with Gasteiger partial charge in [-0.3, -0.25) is 13.4 Å². The van der Waals surface area contributed by atoms with Gasteiger partial charge in [-0.15, -0.1) is 0 Å². The third kappa shape index (κ3) is 49.5. The second-order valence-corrected chi connectivity index (χ2v) is 5.72. The minimum atomic E-state index is -5.17. The minimum absolute atomic E-state index is 0. The molecule has 1 heterocycles. The Bertz CT molecular complexity index is 358. The topological polar surface area (TPSA) is 105 Å². The smallest absolute Gasteiger partial charge is 1.00 e. The van der Waals surface area contributed by atoms with Gasteiger partial charge in [0.15, 0.2) is 0 Å². The molecule has 0 saturated heterocycles. The number of nitrogens with zero attached hydrogens (tertiary/aromatic N) is 2. The van der Waals surface area contributed by atoms with Crippen molar-refractivity contribution >= 4 is 23.0 Å². The monoisotopic (exact) mass is 421 g/mol. The van der Waals surface area contributed by atoms with E-state index in [1.807, 2.05) is 0 Å². The Labute approximate surface area is 184 Å². The number of hydrogen-bond acceptors (Lipinski definition) is 6. The maximum atomic E-state index is 8.52. The average Bonchev–Trinajstić information content (AvgIpc) is 2.99. The first-order valence-electron chi connectivity index (χ1n) is 7.87. The summed E-state index contributed by atoms with van der Waals surface area (Å²) in [6, 6.07) is 0. The first kappa shape index (κ1) is 32.5. The van der Waals surface area contributed by atoms with Crippen LogP contribution in [0.1, 0.15) is 72.6 Å². The van der Waals surface area contributed by atoms with Gasteiger partial charge >= 0.3 is 49.0 Å². The van der Waals surface area contributed by atoms with Crippen LogP contribution in [0.15, 0.2) is 9.98 Å². The molecule has 1 aliphatic rings. The fourth-order valence-corrected chi connectivity index (χ4v) is 1.72. The van der Waals surface area contributed by atoms with Crippen LogP contribution < -0.4 is 29.6 Å². The van der Waals surface area contributed by atoms with Crippen molar-refractivity contribution < 1.29 is 68.0 Å². The molecular formula is C15H30N2NaO4SZn-. The van der Waals surface area contributed by atoms with Crippen molar-refractivity contribution in [3.8, 4) is 0 Å². The van der Waals surface area contributed by atoms with Crippen LogP contribution in [0, 0.1) is 6.92 Å². The summed E-state index contributed by atoms with van der Waals surface area (Å²) in [6.45, 7) is 6.89. The molecule has 24 heavy (non-hydrogen) atoms. The molecule has 0 fully saturated rings. The van der Waals surface area contributed by atoms with E-state index >= 15 is 0 Å². The molecular weight excluding hydrogens is 393 g/mol. The van der Waals surface area contributed by atoms with Gasteiger partial charge in [0.2, 0.25) is 0 Å². The van der Waals surface area contributed by atoms with Gasteiger partial charge in [-0.05, 0) is 0 Å². The zero-order valence-electron chi connectivity index (χ0n) is 16.3. The number of aliphatic imine (C=N–C) groups is 2. The predicted molar refractivity (Wildman–Crippen MR) is 90.6 cm³/mol. The maximum absolute atomic E-state index is 8.52. The summed E-state index contributed by atoms with van der Waals surface area (Å²) in [4.78, 5) is 7.40. The molecule has 6 nitrogen and oxygen atoms in total. The SMILES string of the molecule is C1=NC=NC1.O=S(=O)([O-])[O-].[CH2-]CCCCCCCCCCC.[H-].[Na+].[Zn+2]. The Morgan fingerprint density at radius 3 is 1.71 bits per heavy atom. The summed E-state index contributed by atoms with van der Waals surface area (Å²) >= 11 is 0. The average molecular weight is 423 g/mol. The van der Waals surface area contributed by atoms with Crippen molar-refractivity contribution in [1.29, 1.82) is 0 Å². The van der Waals surface area contributed by atoms with Crippen molar-refractivity contribution in [3.63, 3.8) is 0 Å². The van der Waals surface area contributed by atoms with Gasteiger partial charge in [0.05, 0.1) is 6.54 Å². The van der Waals surface area contributed by atoms with Crippen LogP contribution >= 0.6 is 0 Å². The summed E-state index contributed by atoms with van der Waals surface area (Å²) < 4.78 is 34.1. The Hall–Kier alpha value is 0.833. The molecule has 1 rings (SSSR count). The van der Waals surface area contributed by atoms with Gasteiger partial charge in [0.25, 0.3) is 0 Å². The number of rotatable bonds is 9. The van der Waals surface area contributed by atoms with Crippen LogP contribution in [0.2, 0.25) is 0 Å². The molecule has 134 valence electrons. The molecule has 9 heteroatoms. The minimum Gasteiger partial charge on any atom is -1.00 e. The normalized spacial score (nSPS) is 11.3. The second kappa shape index (κ2) is 26.1. The van der Waals surface area contributed by atoms with E-state index in [4.69, 9.17) is 17.5 Å². The molecule has 0 aliphatic carbocycles. The molecule has 0 atom stereocenters. The molecule has 0 saturated carbocycles. The fourth-order valence-electron chi connectivity index (χ4n) is 1.72. The summed E-state index contributed by atoms with van der Waals surface area (Å²) in [6.07, 6.45) is 17.2. The van der Waals surface area contributed by atoms with Crippen molar-refractivity contribution in [1.82, 2.24) is 0 Å². The summed E-state index contributed by atoms with van der Waals surface area (Å²) in [5.41, 5.74) is 0. The van der Waals surface area contributed by atoms with E-state index < -0.39 is 10.4 Å².